The zero-order valence-corrected chi connectivity index (χ0v) is 14.1. The van der Waals surface area contributed by atoms with E-state index in [1.807, 2.05) is 0 Å². The van der Waals surface area contributed by atoms with Gasteiger partial charge in [-0.05, 0) is 71.0 Å². The van der Waals surface area contributed by atoms with Crippen molar-refractivity contribution in [1.29, 1.82) is 0 Å². The fraction of sp³-hybridized carbons (Fsp3) is 1.00. The summed E-state index contributed by atoms with van der Waals surface area (Å²) >= 11 is 0. The van der Waals surface area contributed by atoms with Gasteiger partial charge in [-0.25, -0.2) is 0 Å². The van der Waals surface area contributed by atoms with Crippen LogP contribution in [0.25, 0.3) is 10.4 Å². The smallest absolute Gasteiger partial charge is 0.0564 e. The van der Waals surface area contributed by atoms with Crippen LogP contribution in [0, 0.1) is 0 Å². The molecule has 2 saturated heterocycles. The van der Waals surface area contributed by atoms with E-state index in [4.69, 9.17) is 5.53 Å². The molecule has 0 aromatic heterocycles. The number of azide groups is 1. The molecule has 2 rings (SSSR count). The second-order valence-electron chi connectivity index (χ2n) is 7.01. The standard InChI is InChI=1S/C16H31N5O/c1-13(20-9-5-15(6-10-20)18-19-17)3-4-14(2)21-11-7-16(22)8-12-21/h13-16,22H,3-12H2,1-2H3. The minimum Gasteiger partial charge on any atom is -0.393 e. The maximum absolute atomic E-state index is 9.59. The molecule has 2 aliphatic heterocycles. The third kappa shape index (κ3) is 5.13. The zero-order valence-electron chi connectivity index (χ0n) is 14.1. The normalized spacial score (nSPS) is 25.6. The van der Waals surface area contributed by atoms with Gasteiger partial charge in [0.15, 0.2) is 0 Å². The minimum absolute atomic E-state index is 0.0836. The average Bonchev–Trinajstić information content (AvgIpc) is 2.54. The molecule has 0 amide bonds. The van der Waals surface area contributed by atoms with E-state index in [-0.39, 0.29) is 12.1 Å². The highest BCUT2D eigenvalue weighted by atomic mass is 16.3. The summed E-state index contributed by atoms with van der Waals surface area (Å²) < 4.78 is 0. The first-order valence-electron chi connectivity index (χ1n) is 8.80. The fourth-order valence-electron chi connectivity index (χ4n) is 3.69. The van der Waals surface area contributed by atoms with E-state index in [1.165, 1.54) is 12.8 Å². The Morgan fingerprint density at radius 1 is 1.00 bits per heavy atom. The summed E-state index contributed by atoms with van der Waals surface area (Å²) in [6.07, 6.45) is 6.18. The Labute approximate surface area is 134 Å². The number of rotatable bonds is 6. The molecule has 2 atom stereocenters. The summed E-state index contributed by atoms with van der Waals surface area (Å²) in [6, 6.07) is 1.41. The highest BCUT2D eigenvalue weighted by Gasteiger charge is 2.24. The molecule has 2 fully saturated rings. The van der Waals surface area contributed by atoms with E-state index in [2.05, 4.69) is 33.7 Å². The monoisotopic (exact) mass is 309 g/mol. The van der Waals surface area contributed by atoms with Crippen LogP contribution in [-0.2, 0) is 0 Å². The lowest BCUT2D eigenvalue weighted by Crippen LogP contribution is -2.43. The van der Waals surface area contributed by atoms with Gasteiger partial charge in [0.25, 0.3) is 0 Å². The molecule has 2 heterocycles. The molecular weight excluding hydrogens is 278 g/mol. The van der Waals surface area contributed by atoms with Gasteiger partial charge in [-0.15, -0.1) is 0 Å². The Balaban J connectivity index is 1.67. The largest absolute Gasteiger partial charge is 0.393 e. The van der Waals surface area contributed by atoms with Crippen molar-refractivity contribution in [2.24, 2.45) is 5.11 Å². The van der Waals surface area contributed by atoms with Gasteiger partial charge in [0.05, 0.1) is 6.10 Å². The van der Waals surface area contributed by atoms with Crippen LogP contribution in [-0.4, -0.2) is 65.3 Å². The lowest BCUT2D eigenvalue weighted by molar-refractivity contribution is 0.0590. The van der Waals surface area contributed by atoms with E-state index in [0.717, 1.165) is 51.9 Å². The van der Waals surface area contributed by atoms with E-state index >= 15 is 0 Å². The molecule has 22 heavy (non-hydrogen) atoms. The van der Waals surface area contributed by atoms with Crippen molar-refractivity contribution < 1.29 is 5.11 Å². The van der Waals surface area contributed by atoms with Crippen LogP contribution in [0.3, 0.4) is 0 Å². The molecular formula is C16H31N5O. The van der Waals surface area contributed by atoms with Gasteiger partial charge in [0, 0.05) is 36.1 Å². The number of nitrogens with zero attached hydrogens (tertiary/aromatic N) is 5. The Bertz CT molecular complexity index is 369. The number of aliphatic hydroxyl groups excluding tert-OH is 1. The molecule has 0 spiro atoms. The Hall–Kier alpha value is -0.810. The third-order valence-electron chi connectivity index (χ3n) is 5.46. The molecule has 6 nitrogen and oxygen atoms in total. The first-order chi connectivity index (χ1) is 10.6. The summed E-state index contributed by atoms with van der Waals surface area (Å²) in [4.78, 5) is 7.99. The van der Waals surface area contributed by atoms with Crippen molar-refractivity contribution in [3.8, 4) is 0 Å². The van der Waals surface area contributed by atoms with Crippen molar-refractivity contribution in [2.75, 3.05) is 26.2 Å². The van der Waals surface area contributed by atoms with Crippen LogP contribution in [0.5, 0.6) is 0 Å². The van der Waals surface area contributed by atoms with E-state index < -0.39 is 0 Å². The van der Waals surface area contributed by atoms with E-state index in [0.29, 0.717) is 12.1 Å². The molecule has 0 aromatic carbocycles. The number of aliphatic hydroxyl groups is 1. The van der Waals surface area contributed by atoms with Crippen LogP contribution >= 0.6 is 0 Å². The number of likely N-dealkylation sites (tertiary alicyclic amines) is 2. The minimum atomic E-state index is -0.0836. The number of piperidine rings is 2. The van der Waals surface area contributed by atoms with Gasteiger partial charge in [-0.3, -0.25) is 0 Å². The quantitative estimate of drug-likeness (QED) is 0.465. The molecule has 2 unspecified atom stereocenters. The van der Waals surface area contributed by atoms with Crippen LogP contribution in [0.4, 0.5) is 0 Å². The number of hydrogen-bond acceptors (Lipinski definition) is 4. The summed E-state index contributed by atoms with van der Waals surface area (Å²) in [5.41, 5.74) is 8.50. The average molecular weight is 309 g/mol. The number of hydrogen-bond donors (Lipinski definition) is 1. The van der Waals surface area contributed by atoms with Crippen molar-refractivity contribution in [1.82, 2.24) is 9.80 Å². The van der Waals surface area contributed by atoms with Gasteiger partial charge < -0.3 is 14.9 Å². The molecule has 0 saturated carbocycles. The predicted octanol–water partition coefficient (Wildman–Crippen LogP) is 2.78. The van der Waals surface area contributed by atoms with E-state index in [9.17, 15) is 5.11 Å². The molecule has 126 valence electrons. The first kappa shape index (κ1) is 17.5. The van der Waals surface area contributed by atoms with Crippen LogP contribution in [0.1, 0.15) is 52.4 Å². The molecule has 0 aliphatic carbocycles. The molecule has 0 aromatic rings. The Morgan fingerprint density at radius 3 is 1.91 bits per heavy atom. The van der Waals surface area contributed by atoms with Crippen LogP contribution < -0.4 is 0 Å². The van der Waals surface area contributed by atoms with Gasteiger partial charge in [0.1, 0.15) is 0 Å². The van der Waals surface area contributed by atoms with Crippen molar-refractivity contribution in [3.05, 3.63) is 10.4 Å². The van der Waals surface area contributed by atoms with Gasteiger partial charge in [-0.1, -0.05) is 5.11 Å². The van der Waals surface area contributed by atoms with Crippen LogP contribution in [0.15, 0.2) is 5.11 Å². The Kier molecular flexibility index (Phi) is 6.96. The predicted molar refractivity (Wildman–Crippen MR) is 88.7 cm³/mol. The van der Waals surface area contributed by atoms with Crippen molar-refractivity contribution in [3.63, 3.8) is 0 Å². The molecule has 0 radical (unpaired) electrons. The highest BCUT2D eigenvalue weighted by molar-refractivity contribution is 4.82. The SMILES string of the molecule is CC(CCC(C)N1CCC(N=[N+]=[N-])CC1)N1CCC(O)CC1. The maximum atomic E-state index is 9.59. The third-order valence-corrected chi connectivity index (χ3v) is 5.46. The summed E-state index contributed by atoms with van der Waals surface area (Å²) in [5.74, 6) is 0. The Morgan fingerprint density at radius 2 is 1.45 bits per heavy atom. The summed E-state index contributed by atoms with van der Waals surface area (Å²) in [6.45, 7) is 8.81. The highest BCUT2D eigenvalue weighted by Crippen LogP contribution is 2.21. The topological polar surface area (TPSA) is 75.5 Å². The molecule has 2 aliphatic rings. The second kappa shape index (κ2) is 8.73. The lowest BCUT2D eigenvalue weighted by Gasteiger charge is -2.37. The molecule has 6 heteroatoms. The lowest BCUT2D eigenvalue weighted by atomic mass is 9.99. The maximum Gasteiger partial charge on any atom is 0.0564 e. The molecule has 0 bridgehead atoms. The molecule has 1 N–H and O–H groups in total. The van der Waals surface area contributed by atoms with Gasteiger partial charge in [0.2, 0.25) is 0 Å². The summed E-state index contributed by atoms with van der Waals surface area (Å²) in [7, 11) is 0. The van der Waals surface area contributed by atoms with E-state index in [1.54, 1.807) is 0 Å². The van der Waals surface area contributed by atoms with Gasteiger partial charge >= 0.3 is 0 Å². The first-order valence-corrected chi connectivity index (χ1v) is 8.80. The fourth-order valence-corrected chi connectivity index (χ4v) is 3.69. The second-order valence-corrected chi connectivity index (χ2v) is 7.01. The van der Waals surface area contributed by atoms with Gasteiger partial charge in [-0.2, -0.15) is 0 Å². The zero-order chi connectivity index (χ0) is 15.9. The summed E-state index contributed by atoms with van der Waals surface area (Å²) in [5, 5.41) is 13.4. The van der Waals surface area contributed by atoms with Crippen molar-refractivity contribution >= 4 is 0 Å². The van der Waals surface area contributed by atoms with Crippen LogP contribution in [0.2, 0.25) is 0 Å². The van der Waals surface area contributed by atoms with Crippen molar-refractivity contribution in [2.45, 2.75) is 76.6 Å².